The van der Waals surface area contributed by atoms with E-state index in [9.17, 15) is 4.79 Å². The van der Waals surface area contributed by atoms with Crippen molar-refractivity contribution in [1.29, 1.82) is 0 Å². The molecule has 0 aromatic carbocycles. The predicted molar refractivity (Wildman–Crippen MR) is 53.8 cm³/mol. The summed E-state index contributed by atoms with van der Waals surface area (Å²) in [6, 6.07) is 0.595. The molecule has 76 valence electrons. The molecule has 0 amide bonds. The van der Waals surface area contributed by atoms with E-state index in [0.717, 1.165) is 26.2 Å². The summed E-state index contributed by atoms with van der Waals surface area (Å²) in [6.07, 6.45) is 0.702. The first-order chi connectivity index (χ1) is 6.09. The number of carbonyl (C=O) groups is 1. The van der Waals surface area contributed by atoms with E-state index in [2.05, 4.69) is 23.8 Å². The topological polar surface area (TPSA) is 23.6 Å². The lowest BCUT2D eigenvalue weighted by atomic mass is 10.2. The second-order valence-electron chi connectivity index (χ2n) is 4.10. The summed E-state index contributed by atoms with van der Waals surface area (Å²) < 4.78 is 0. The second kappa shape index (κ2) is 4.72. The van der Waals surface area contributed by atoms with Gasteiger partial charge in [-0.3, -0.25) is 9.69 Å². The summed E-state index contributed by atoms with van der Waals surface area (Å²) in [4.78, 5) is 15.6. The van der Waals surface area contributed by atoms with Gasteiger partial charge in [-0.15, -0.1) is 0 Å². The molecule has 1 aliphatic heterocycles. The highest BCUT2D eigenvalue weighted by atomic mass is 16.1. The number of Topliss-reactive ketones (excluding diaryl/α,β-unsaturated/α-hetero) is 1. The number of ketones is 1. The Balaban J connectivity index is 2.29. The van der Waals surface area contributed by atoms with Crippen molar-refractivity contribution in [3.8, 4) is 0 Å². The Bertz CT molecular complexity index is 182. The van der Waals surface area contributed by atoms with Crippen molar-refractivity contribution in [2.75, 3.05) is 33.2 Å². The number of hydrogen-bond donors (Lipinski definition) is 0. The molecule has 1 fully saturated rings. The van der Waals surface area contributed by atoms with E-state index >= 15 is 0 Å². The van der Waals surface area contributed by atoms with Crippen molar-refractivity contribution in [3.63, 3.8) is 0 Å². The zero-order valence-corrected chi connectivity index (χ0v) is 8.92. The zero-order valence-electron chi connectivity index (χ0n) is 8.92. The quantitative estimate of drug-likeness (QED) is 0.642. The number of piperazine rings is 1. The van der Waals surface area contributed by atoms with E-state index < -0.39 is 0 Å². The summed E-state index contributed by atoms with van der Waals surface area (Å²) in [5, 5.41) is 0. The van der Waals surface area contributed by atoms with Crippen LogP contribution in [0.15, 0.2) is 0 Å². The van der Waals surface area contributed by atoms with Crippen molar-refractivity contribution in [3.05, 3.63) is 0 Å². The third-order valence-electron chi connectivity index (χ3n) is 2.72. The van der Waals surface area contributed by atoms with Crippen LogP contribution in [-0.2, 0) is 4.79 Å². The lowest BCUT2D eigenvalue weighted by Crippen LogP contribution is -2.50. The third kappa shape index (κ3) is 3.44. The molecule has 0 unspecified atom stereocenters. The maximum atomic E-state index is 10.8. The summed E-state index contributed by atoms with van der Waals surface area (Å²) in [6.45, 7) is 8.19. The van der Waals surface area contributed by atoms with Crippen molar-refractivity contribution in [2.45, 2.75) is 26.3 Å². The van der Waals surface area contributed by atoms with Gasteiger partial charge in [-0.25, -0.2) is 0 Å². The molecule has 0 radical (unpaired) electrons. The van der Waals surface area contributed by atoms with Crippen LogP contribution >= 0.6 is 0 Å². The van der Waals surface area contributed by atoms with Crippen LogP contribution in [0.1, 0.15) is 20.3 Å². The SMILES string of the molecule is CC(=O)CCN1CCN(C)C[C@H]1C. The minimum Gasteiger partial charge on any atom is -0.304 e. The number of rotatable bonds is 3. The van der Waals surface area contributed by atoms with E-state index in [1.165, 1.54) is 0 Å². The Labute approximate surface area is 80.7 Å². The normalized spacial score (nSPS) is 26.2. The van der Waals surface area contributed by atoms with E-state index in [4.69, 9.17) is 0 Å². The highest BCUT2D eigenvalue weighted by Gasteiger charge is 2.20. The summed E-state index contributed by atoms with van der Waals surface area (Å²) in [7, 11) is 2.15. The molecule has 13 heavy (non-hydrogen) atoms. The Morgan fingerprint density at radius 2 is 2.15 bits per heavy atom. The van der Waals surface area contributed by atoms with Crippen molar-refractivity contribution >= 4 is 5.78 Å². The lowest BCUT2D eigenvalue weighted by Gasteiger charge is -2.38. The fourth-order valence-electron chi connectivity index (χ4n) is 1.81. The number of hydrogen-bond acceptors (Lipinski definition) is 3. The number of likely N-dealkylation sites (N-methyl/N-ethyl adjacent to an activating group) is 1. The van der Waals surface area contributed by atoms with Gasteiger partial charge in [0.05, 0.1) is 0 Å². The van der Waals surface area contributed by atoms with Crippen molar-refractivity contribution < 1.29 is 4.79 Å². The molecule has 0 aliphatic carbocycles. The highest BCUT2D eigenvalue weighted by molar-refractivity contribution is 5.75. The van der Waals surface area contributed by atoms with Gasteiger partial charge in [0.15, 0.2) is 0 Å². The molecular weight excluding hydrogens is 164 g/mol. The van der Waals surface area contributed by atoms with Gasteiger partial charge in [-0.05, 0) is 20.9 Å². The maximum absolute atomic E-state index is 10.8. The summed E-state index contributed by atoms with van der Waals surface area (Å²) in [5.41, 5.74) is 0. The van der Waals surface area contributed by atoms with Gasteiger partial charge >= 0.3 is 0 Å². The molecule has 0 N–H and O–H groups in total. The van der Waals surface area contributed by atoms with E-state index in [1.54, 1.807) is 6.92 Å². The number of carbonyl (C=O) groups excluding carboxylic acids is 1. The van der Waals surface area contributed by atoms with E-state index in [-0.39, 0.29) is 0 Å². The van der Waals surface area contributed by atoms with E-state index in [1.807, 2.05) is 0 Å². The average Bonchev–Trinajstić information content (AvgIpc) is 2.02. The monoisotopic (exact) mass is 184 g/mol. The average molecular weight is 184 g/mol. The number of nitrogens with zero attached hydrogens (tertiary/aromatic N) is 2. The fraction of sp³-hybridized carbons (Fsp3) is 0.900. The molecule has 1 saturated heterocycles. The van der Waals surface area contributed by atoms with Crippen LogP contribution in [0.2, 0.25) is 0 Å². The first-order valence-electron chi connectivity index (χ1n) is 5.01. The highest BCUT2D eigenvalue weighted by Crippen LogP contribution is 2.07. The lowest BCUT2D eigenvalue weighted by molar-refractivity contribution is -0.117. The van der Waals surface area contributed by atoms with Gasteiger partial charge in [0.25, 0.3) is 0 Å². The van der Waals surface area contributed by atoms with Gasteiger partial charge < -0.3 is 4.90 Å². The first kappa shape index (κ1) is 10.7. The first-order valence-corrected chi connectivity index (χ1v) is 5.01. The molecule has 3 nitrogen and oxygen atoms in total. The van der Waals surface area contributed by atoms with Crippen LogP contribution in [0, 0.1) is 0 Å². The Morgan fingerprint density at radius 3 is 2.69 bits per heavy atom. The molecule has 0 aromatic rings. The van der Waals surface area contributed by atoms with Gasteiger partial charge in [0, 0.05) is 38.6 Å². The predicted octanol–water partition coefficient (Wildman–Crippen LogP) is 0.601. The zero-order chi connectivity index (χ0) is 9.84. The van der Waals surface area contributed by atoms with Crippen LogP contribution in [0.3, 0.4) is 0 Å². The Hall–Kier alpha value is -0.410. The van der Waals surface area contributed by atoms with Gasteiger partial charge in [0.2, 0.25) is 0 Å². The molecule has 1 rings (SSSR count). The molecule has 3 heteroatoms. The van der Waals surface area contributed by atoms with Crippen molar-refractivity contribution in [1.82, 2.24) is 9.80 Å². The standard InChI is InChI=1S/C10H20N2O/c1-9-8-11(3)6-7-12(9)5-4-10(2)13/h9H,4-8H2,1-3H3/t9-/m1/s1. The van der Waals surface area contributed by atoms with Crippen LogP contribution in [0.4, 0.5) is 0 Å². The molecule has 0 aromatic heterocycles. The summed E-state index contributed by atoms with van der Waals surface area (Å²) >= 11 is 0. The largest absolute Gasteiger partial charge is 0.304 e. The van der Waals surface area contributed by atoms with Crippen LogP contribution < -0.4 is 0 Å². The van der Waals surface area contributed by atoms with E-state index in [0.29, 0.717) is 18.2 Å². The van der Waals surface area contributed by atoms with Crippen LogP contribution in [0.25, 0.3) is 0 Å². The molecule has 0 bridgehead atoms. The Morgan fingerprint density at radius 1 is 1.46 bits per heavy atom. The third-order valence-corrected chi connectivity index (χ3v) is 2.72. The minimum absolute atomic E-state index is 0.297. The van der Waals surface area contributed by atoms with Gasteiger partial charge in [-0.2, -0.15) is 0 Å². The Kier molecular flexibility index (Phi) is 3.88. The fourth-order valence-corrected chi connectivity index (χ4v) is 1.81. The molecule has 1 atom stereocenters. The van der Waals surface area contributed by atoms with Crippen LogP contribution in [-0.4, -0.2) is 54.9 Å². The molecule has 1 aliphatic rings. The smallest absolute Gasteiger partial charge is 0.131 e. The van der Waals surface area contributed by atoms with Crippen LogP contribution in [0.5, 0.6) is 0 Å². The minimum atomic E-state index is 0.297. The van der Waals surface area contributed by atoms with Gasteiger partial charge in [0.1, 0.15) is 5.78 Å². The maximum Gasteiger partial charge on any atom is 0.131 e. The van der Waals surface area contributed by atoms with Gasteiger partial charge in [-0.1, -0.05) is 0 Å². The summed E-state index contributed by atoms with van der Waals surface area (Å²) in [5.74, 6) is 0.297. The van der Waals surface area contributed by atoms with Crippen molar-refractivity contribution in [2.24, 2.45) is 0 Å². The molecule has 0 spiro atoms. The molecule has 0 saturated carbocycles. The molecule has 1 heterocycles. The second-order valence-corrected chi connectivity index (χ2v) is 4.10. The molecular formula is C10H20N2O.